The van der Waals surface area contributed by atoms with E-state index in [2.05, 4.69) is 4.98 Å². The van der Waals surface area contributed by atoms with Crippen molar-refractivity contribution < 1.29 is 8.42 Å². The minimum absolute atomic E-state index is 0.0602. The number of rotatable bonds is 1. The van der Waals surface area contributed by atoms with E-state index in [-0.39, 0.29) is 5.03 Å². The third-order valence-electron chi connectivity index (χ3n) is 1.96. The lowest BCUT2D eigenvalue weighted by Crippen LogP contribution is -2.16. The molecule has 0 aliphatic heterocycles. The van der Waals surface area contributed by atoms with Crippen molar-refractivity contribution in [2.75, 3.05) is 0 Å². The Morgan fingerprint density at radius 2 is 2.14 bits per heavy atom. The number of nitrogens with zero attached hydrogens (tertiary/aromatic N) is 2. The van der Waals surface area contributed by atoms with E-state index in [0.29, 0.717) is 5.65 Å². The standard InChI is InChI=1S/C8H9N3O2S/c1-6-5-10-7-3-2-4-8(11(6)7)14(9,12)13/h2-5H,1H3,(H2,9,12,13). The molecule has 0 aromatic carbocycles. The van der Waals surface area contributed by atoms with Crippen LogP contribution in [0.2, 0.25) is 0 Å². The molecule has 0 saturated heterocycles. The first-order valence-electron chi connectivity index (χ1n) is 3.96. The van der Waals surface area contributed by atoms with Gasteiger partial charge in [0, 0.05) is 11.9 Å². The molecule has 2 N–H and O–H groups in total. The van der Waals surface area contributed by atoms with E-state index in [1.807, 2.05) is 0 Å². The zero-order valence-electron chi connectivity index (χ0n) is 7.51. The van der Waals surface area contributed by atoms with Crippen LogP contribution < -0.4 is 5.14 Å². The summed E-state index contributed by atoms with van der Waals surface area (Å²) in [6, 6.07) is 4.79. The number of aromatic nitrogens is 2. The van der Waals surface area contributed by atoms with Crippen LogP contribution in [-0.4, -0.2) is 17.8 Å². The number of hydrogen-bond donors (Lipinski definition) is 1. The van der Waals surface area contributed by atoms with Crippen molar-refractivity contribution in [3.8, 4) is 0 Å². The predicted molar refractivity (Wildman–Crippen MR) is 51.3 cm³/mol. The number of imidazole rings is 1. The van der Waals surface area contributed by atoms with Gasteiger partial charge in [0.05, 0.1) is 0 Å². The van der Waals surface area contributed by atoms with E-state index in [9.17, 15) is 8.42 Å². The summed E-state index contributed by atoms with van der Waals surface area (Å²) in [6.07, 6.45) is 1.60. The monoisotopic (exact) mass is 211 g/mol. The molecule has 74 valence electrons. The van der Waals surface area contributed by atoms with E-state index in [0.717, 1.165) is 5.69 Å². The summed E-state index contributed by atoms with van der Waals surface area (Å²) < 4.78 is 24.0. The number of hydrogen-bond acceptors (Lipinski definition) is 3. The number of pyridine rings is 1. The fraction of sp³-hybridized carbons (Fsp3) is 0.125. The average Bonchev–Trinajstić information content (AvgIpc) is 2.46. The molecular formula is C8H9N3O2S. The first kappa shape index (κ1) is 9.17. The minimum atomic E-state index is -3.70. The van der Waals surface area contributed by atoms with Crippen molar-refractivity contribution in [2.45, 2.75) is 11.9 Å². The second-order valence-electron chi connectivity index (χ2n) is 3.00. The van der Waals surface area contributed by atoms with Gasteiger partial charge in [0.15, 0.2) is 5.03 Å². The van der Waals surface area contributed by atoms with Gasteiger partial charge in [0.25, 0.3) is 10.0 Å². The molecule has 0 bridgehead atoms. The highest BCUT2D eigenvalue weighted by Gasteiger charge is 2.13. The van der Waals surface area contributed by atoms with Gasteiger partial charge in [0.1, 0.15) is 5.65 Å². The van der Waals surface area contributed by atoms with Crippen LogP contribution in [0.4, 0.5) is 0 Å². The molecule has 5 nitrogen and oxygen atoms in total. The van der Waals surface area contributed by atoms with Crippen molar-refractivity contribution in [1.82, 2.24) is 9.38 Å². The van der Waals surface area contributed by atoms with Crippen LogP contribution in [0.5, 0.6) is 0 Å². The third kappa shape index (κ3) is 1.28. The maximum Gasteiger partial charge on any atom is 0.254 e. The Kier molecular flexibility index (Phi) is 1.83. The second kappa shape index (κ2) is 2.79. The molecule has 2 aromatic heterocycles. The zero-order valence-corrected chi connectivity index (χ0v) is 8.32. The molecule has 0 atom stereocenters. The molecule has 0 fully saturated rings. The van der Waals surface area contributed by atoms with Gasteiger partial charge in [-0.15, -0.1) is 0 Å². The van der Waals surface area contributed by atoms with Crippen molar-refractivity contribution in [3.05, 3.63) is 30.1 Å². The highest BCUT2D eigenvalue weighted by atomic mass is 32.2. The Labute approximate surface area is 81.2 Å². The smallest absolute Gasteiger partial charge is 0.254 e. The lowest BCUT2D eigenvalue weighted by Gasteiger charge is -2.03. The van der Waals surface area contributed by atoms with Crippen molar-refractivity contribution in [2.24, 2.45) is 5.14 Å². The molecule has 0 unspecified atom stereocenters. The molecule has 0 spiro atoms. The van der Waals surface area contributed by atoms with Gasteiger partial charge in [-0.2, -0.15) is 0 Å². The van der Waals surface area contributed by atoms with Gasteiger partial charge < -0.3 is 0 Å². The average molecular weight is 211 g/mol. The number of fused-ring (bicyclic) bond motifs is 1. The van der Waals surface area contributed by atoms with Crippen LogP contribution in [0.1, 0.15) is 5.69 Å². The molecule has 0 aliphatic rings. The lowest BCUT2D eigenvalue weighted by atomic mass is 10.4. The van der Waals surface area contributed by atoms with Gasteiger partial charge in [0.2, 0.25) is 0 Å². The molecule has 0 saturated carbocycles. The van der Waals surface area contributed by atoms with E-state index >= 15 is 0 Å². The summed E-state index contributed by atoms with van der Waals surface area (Å²) in [6.45, 7) is 1.77. The normalized spacial score (nSPS) is 12.1. The number of nitrogens with two attached hydrogens (primary N) is 1. The second-order valence-corrected chi connectivity index (χ2v) is 4.51. The summed E-state index contributed by atoms with van der Waals surface area (Å²) in [5, 5.41) is 5.13. The Bertz CT molecular complexity index is 586. The summed E-state index contributed by atoms with van der Waals surface area (Å²) in [5.41, 5.74) is 1.32. The maximum absolute atomic E-state index is 11.2. The van der Waals surface area contributed by atoms with Crippen molar-refractivity contribution >= 4 is 15.7 Å². The van der Waals surface area contributed by atoms with Gasteiger partial charge in [-0.25, -0.2) is 18.5 Å². The van der Waals surface area contributed by atoms with Gasteiger partial charge in [-0.05, 0) is 19.1 Å². The summed E-state index contributed by atoms with van der Waals surface area (Å²) >= 11 is 0. The van der Waals surface area contributed by atoms with Gasteiger partial charge in [-0.3, -0.25) is 4.40 Å². The molecular weight excluding hydrogens is 202 g/mol. The first-order chi connectivity index (χ1) is 6.50. The Morgan fingerprint density at radius 1 is 1.43 bits per heavy atom. The lowest BCUT2D eigenvalue weighted by molar-refractivity contribution is 0.592. The molecule has 0 radical (unpaired) electrons. The minimum Gasteiger partial charge on any atom is -0.286 e. The summed E-state index contributed by atoms with van der Waals surface area (Å²) in [4.78, 5) is 4.04. The molecule has 14 heavy (non-hydrogen) atoms. The Hall–Kier alpha value is -1.40. The van der Waals surface area contributed by atoms with E-state index < -0.39 is 10.0 Å². The fourth-order valence-electron chi connectivity index (χ4n) is 1.37. The fourth-order valence-corrected chi connectivity index (χ4v) is 2.13. The SMILES string of the molecule is Cc1cnc2cccc(S(N)(=O)=O)n12. The van der Waals surface area contributed by atoms with E-state index in [1.54, 1.807) is 25.3 Å². The van der Waals surface area contributed by atoms with Crippen molar-refractivity contribution in [1.29, 1.82) is 0 Å². The molecule has 2 heterocycles. The third-order valence-corrected chi connectivity index (χ3v) is 2.86. The number of sulfonamides is 1. The molecule has 0 amide bonds. The Balaban J connectivity index is 2.96. The predicted octanol–water partition coefficient (Wildman–Crippen LogP) is 0.290. The maximum atomic E-state index is 11.2. The van der Waals surface area contributed by atoms with Crippen molar-refractivity contribution in [3.63, 3.8) is 0 Å². The first-order valence-corrected chi connectivity index (χ1v) is 5.50. The highest BCUT2D eigenvalue weighted by Crippen LogP contribution is 2.13. The molecule has 2 rings (SSSR count). The van der Waals surface area contributed by atoms with E-state index in [1.165, 1.54) is 10.5 Å². The van der Waals surface area contributed by atoms with Crippen LogP contribution >= 0.6 is 0 Å². The number of primary sulfonamides is 1. The topological polar surface area (TPSA) is 77.5 Å². The van der Waals surface area contributed by atoms with E-state index in [4.69, 9.17) is 5.14 Å². The highest BCUT2D eigenvalue weighted by molar-refractivity contribution is 7.89. The van der Waals surface area contributed by atoms with Crippen LogP contribution in [0.25, 0.3) is 5.65 Å². The Morgan fingerprint density at radius 3 is 2.79 bits per heavy atom. The van der Waals surface area contributed by atoms with Gasteiger partial charge in [-0.1, -0.05) is 6.07 Å². The number of aryl methyl sites for hydroxylation is 1. The van der Waals surface area contributed by atoms with Gasteiger partial charge >= 0.3 is 0 Å². The summed E-state index contributed by atoms with van der Waals surface area (Å²) in [7, 11) is -3.70. The molecule has 0 aliphatic carbocycles. The largest absolute Gasteiger partial charge is 0.286 e. The van der Waals surface area contributed by atoms with Crippen LogP contribution in [0, 0.1) is 6.92 Å². The van der Waals surface area contributed by atoms with Crippen LogP contribution in [-0.2, 0) is 10.0 Å². The molecule has 2 aromatic rings. The molecule has 6 heteroatoms. The quantitative estimate of drug-likeness (QED) is 0.736. The zero-order chi connectivity index (χ0) is 10.3. The van der Waals surface area contributed by atoms with Crippen LogP contribution in [0.15, 0.2) is 29.4 Å². The summed E-state index contributed by atoms with van der Waals surface area (Å²) in [5.74, 6) is 0. The van der Waals surface area contributed by atoms with Crippen LogP contribution in [0.3, 0.4) is 0 Å².